The number of hydrogen-bond donors (Lipinski definition) is 0. The summed E-state index contributed by atoms with van der Waals surface area (Å²) in [5, 5.41) is -8.97. The summed E-state index contributed by atoms with van der Waals surface area (Å²) in [7, 11) is 0. The van der Waals surface area contributed by atoms with Gasteiger partial charge in [-0.3, -0.25) is 0 Å². The fraction of sp³-hybridized carbons (Fsp3) is 0. The molecule has 0 unspecified atom stereocenters. The Morgan fingerprint density at radius 2 is 0.571 bits per heavy atom. The van der Waals surface area contributed by atoms with Gasteiger partial charge in [0.15, 0.2) is 81.4 Å². The molecular formula is C26HF16. The van der Waals surface area contributed by atoms with E-state index in [1.165, 1.54) is 6.07 Å². The highest BCUT2D eigenvalue weighted by atomic mass is 19.2. The van der Waals surface area contributed by atoms with Crippen molar-refractivity contribution in [3.63, 3.8) is 0 Å². The smallest absolute Gasteiger partial charge is 0.198 e. The molecule has 0 fully saturated rings. The van der Waals surface area contributed by atoms with E-state index in [4.69, 9.17) is 0 Å². The Balaban J connectivity index is 2.16. The highest BCUT2D eigenvalue weighted by Crippen LogP contribution is 2.48. The topological polar surface area (TPSA) is 0 Å². The van der Waals surface area contributed by atoms with Crippen molar-refractivity contribution in [2.75, 3.05) is 0 Å². The lowest BCUT2D eigenvalue weighted by Crippen LogP contribution is -2.10. The summed E-state index contributed by atoms with van der Waals surface area (Å²) < 4.78 is 233. The van der Waals surface area contributed by atoms with E-state index in [1.54, 1.807) is 0 Å². The minimum Gasteiger partial charge on any atom is -0.206 e. The highest BCUT2D eigenvalue weighted by Gasteiger charge is 2.37. The van der Waals surface area contributed by atoms with Crippen molar-refractivity contribution < 1.29 is 70.2 Å². The lowest BCUT2D eigenvalue weighted by atomic mass is 9.86. The zero-order valence-electron chi connectivity index (χ0n) is 19.1. The fourth-order valence-corrected chi connectivity index (χ4v) is 4.45. The van der Waals surface area contributed by atoms with Crippen LogP contribution in [0.15, 0.2) is 6.07 Å². The molecule has 217 valence electrons. The molecule has 0 spiro atoms. The van der Waals surface area contributed by atoms with Crippen LogP contribution in [0.4, 0.5) is 70.2 Å². The Morgan fingerprint density at radius 1 is 0.286 bits per heavy atom. The molecule has 0 bridgehead atoms. The van der Waals surface area contributed by atoms with Gasteiger partial charge in [-0.25, -0.2) is 70.2 Å². The molecule has 5 aromatic carbocycles. The summed E-state index contributed by atoms with van der Waals surface area (Å²) in [5.41, 5.74) is -8.94. The molecular weight excluding hydrogens is 616 g/mol. The normalized spacial score (nSPS) is 11.8. The summed E-state index contributed by atoms with van der Waals surface area (Å²) in [5.74, 6) is -43.9. The lowest BCUT2D eigenvalue weighted by Gasteiger charge is -2.20. The van der Waals surface area contributed by atoms with Crippen molar-refractivity contribution in [3.05, 3.63) is 105 Å². The van der Waals surface area contributed by atoms with Gasteiger partial charge in [0.2, 0.25) is 0 Å². The first-order valence-electron chi connectivity index (χ1n) is 10.6. The number of fused-ring (bicyclic) bond motifs is 2. The van der Waals surface area contributed by atoms with Gasteiger partial charge in [0, 0.05) is 39.1 Å². The summed E-state index contributed by atoms with van der Waals surface area (Å²) >= 11 is 0. The van der Waals surface area contributed by atoms with Gasteiger partial charge >= 0.3 is 0 Å². The molecule has 0 heterocycles. The van der Waals surface area contributed by atoms with Gasteiger partial charge in [0.1, 0.15) is 11.6 Å². The van der Waals surface area contributed by atoms with Gasteiger partial charge in [-0.1, -0.05) is 0 Å². The Hall–Kier alpha value is -4.50. The zero-order valence-corrected chi connectivity index (χ0v) is 19.1. The van der Waals surface area contributed by atoms with E-state index >= 15 is 17.6 Å². The first kappa shape index (κ1) is 29.0. The molecule has 0 nitrogen and oxygen atoms in total. The monoisotopic (exact) mass is 617 g/mol. The Morgan fingerprint density at radius 3 is 0.929 bits per heavy atom. The molecule has 0 amide bonds. The van der Waals surface area contributed by atoms with Crippen molar-refractivity contribution in [3.8, 4) is 22.3 Å². The first-order valence-corrected chi connectivity index (χ1v) is 10.6. The summed E-state index contributed by atoms with van der Waals surface area (Å²) in [4.78, 5) is 0. The third-order valence-electron chi connectivity index (χ3n) is 6.22. The Bertz CT molecular complexity index is 1880. The Kier molecular flexibility index (Phi) is 6.58. The van der Waals surface area contributed by atoms with Gasteiger partial charge in [0.25, 0.3) is 0 Å². The van der Waals surface area contributed by atoms with Gasteiger partial charge in [-0.15, -0.1) is 0 Å². The van der Waals surface area contributed by atoms with E-state index in [0.717, 1.165) is 0 Å². The van der Waals surface area contributed by atoms with Crippen molar-refractivity contribution in [2.45, 2.75) is 0 Å². The molecule has 0 N–H and O–H groups in total. The number of halogens is 16. The molecule has 16 heteroatoms. The van der Waals surface area contributed by atoms with E-state index in [9.17, 15) is 52.7 Å². The van der Waals surface area contributed by atoms with Crippen LogP contribution in [0.1, 0.15) is 0 Å². The van der Waals surface area contributed by atoms with Crippen molar-refractivity contribution in [1.82, 2.24) is 0 Å². The predicted octanol–water partition coefficient (Wildman–Crippen LogP) is 9.35. The standard InChI is InChI=1S/C26HF16/c27-3-1-2-4(28)6(8-10-12(18(34)22(38)14(8)30)20(36)26(42)24(40)16(10)32)5(3)7-9-11(17(33)21(37)13(7)29)19(35)25(41)23(39)15(9)31/h1H. The molecule has 1 radical (unpaired) electrons. The van der Waals surface area contributed by atoms with E-state index in [1.807, 2.05) is 0 Å². The van der Waals surface area contributed by atoms with Crippen LogP contribution in [0.5, 0.6) is 0 Å². The third kappa shape index (κ3) is 3.59. The van der Waals surface area contributed by atoms with Crippen molar-refractivity contribution in [1.29, 1.82) is 0 Å². The minimum absolute atomic E-state index is 0.175. The summed E-state index contributed by atoms with van der Waals surface area (Å²) in [6, 6.07) is 1.13. The zero-order chi connectivity index (χ0) is 31.3. The van der Waals surface area contributed by atoms with E-state index in [-0.39, 0.29) is 6.07 Å². The maximum absolute atomic E-state index is 15.2. The second-order valence-corrected chi connectivity index (χ2v) is 8.35. The molecule has 0 aliphatic carbocycles. The van der Waals surface area contributed by atoms with Crippen LogP contribution in [0.25, 0.3) is 43.8 Å². The summed E-state index contributed by atoms with van der Waals surface area (Å²) in [6.45, 7) is 0. The third-order valence-corrected chi connectivity index (χ3v) is 6.22. The van der Waals surface area contributed by atoms with Crippen LogP contribution < -0.4 is 0 Å². The van der Waals surface area contributed by atoms with Gasteiger partial charge < -0.3 is 0 Å². The molecule has 5 aromatic rings. The molecule has 0 aliphatic rings. The largest absolute Gasteiger partial charge is 0.206 e. The SMILES string of the molecule is Fc1[c]cc(F)c(-c2c(F)c(F)c(F)c3c(F)c(F)c(F)c(F)c23)c1-c1c(F)c(F)c(F)c2c(F)c(F)c(F)c(F)c12. The average Bonchev–Trinajstić information content (AvgIpc) is 2.95. The van der Waals surface area contributed by atoms with E-state index in [0.29, 0.717) is 0 Å². The van der Waals surface area contributed by atoms with E-state index < -0.39 is 137 Å². The molecule has 5 rings (SSSR count). The average molecular weight is 617 g/mol. The maximum Gasteiger partial charge on any atom is 0.198 e. The minimum atomic E-state index is -2.89. The fourth-order valence-electron chi connectivity index (χ4n) is 4.45. The first-order chi connectivity index (χ1) is 19.6. The van der Waals surface area contributed by atoms with Crippen LogP contribution >= 0.6 is 0 Å². The van der Waals surface area contributed by atoms with Gasteiger partial charge in [0.05, 0.1) is 10.8 Å². The molecule has 0 saturated heterocycles. The van der Waals surface area contributed by atoms with Crippen LogP contribution in [0, 0.1) is 99.1 Å². The maximum atomic E-state index is 15.2. The second-order valence-electron chi connectivity index (χ2n) is 8.35. The summed E-state index contributed by atoms with van der Waals surface area (Å²) in [6.07, 6.45) is 0. The highest BCUT2D eigenvalue weighted by molar-refractivity contribution is 6.06. The van der Waals surface area contributed by atoms with E-state index in [2.05, 4.69) is 0 Å². The number of rotatable bonds is 2. The molecule has 42 heavy (non-hydrogen) atoms. The van der Waals surface area contributed by atoms with Crippen LogP contribution in [0.2, 0.25) is 0 Å². The quantitative estimate of drug-likeness (QED) is 0.105. The van der Waals surface area contributed by atoms with Crippen molar-refractivity contribution in [2.24, 2.45) is 0 Å². The molecule has 0 aromatic heterocycles. The lowest BCUT2D eigenvalue weighted by molar-refractivity contribution is 0.410. The van der Waals surface area contributed by atoms with Gasteiger partial charge in [-0.2, -0.15) is 0 Å². The Labute approximate surface area is 220 Å². The number of benzene rings is 5. The predicted molar refractivity (Wildman–Crippen MR) is 110 cm³/mol. The molecule has 0 atom stereocenters. The second kappa shape index (κ2) is 9.52. The van der Waals surface area contributed by atoms with Crippen LogP contribution in [-0.4, -0.2) is 0 Å². The van der Waals surface area contributed by atoms with Crippen molar-refractivity contribution >= 4 is 21.5 Å². The van der Waals surface area contributed by atoms with Crippen LogP contribution in [-0.2, 0) is 0 Å². The van der Waals surface area contributed by atoms with Crippen LogP contribution in [0.3, 0.4) is 0 Å². The van der Waals surface area contributed by atoms with Gasteiger partial charge in [-0.05, 0) is 6.07 Å². The number of hydrogen-bond acceptors (Lipinski definition) is 0. The molecule has 0 saturated carbocycles. The molecule has 0 aliphatic heterocycles.